The van der Waals surface area contributed by atoms with Gasteiger partial charge < -0.3 is 10.6 Å². The summed E-state index contributed by atoms with van der Waals surface area (Å²) in [5.74, 6) is 0.0824. The van der Waals surface area contributed by atoms with Crippen LogP contribution in [0.4, 0.5) is 5.82 Å². The van der Waals surface area contributed by atoms with Gasteiger partial charge in [0.1, 0.15) is 0 Å². The molecule has 0 aromatic carbocycles. The SMILES string of the molecule is CNC(=O)c1nnc(NC(=O)C2CC2)cc1Br. The van der Waals surface area contributed by atoms with E-state index >= 15 is 0 Å². The van der Waals surface area contributed by atoms with Crippen LogP contribution in [0.1, 0.15) is 23.3 Å². The van der Waals surface area contributed by atoms with Crippen molar-refractivity contribution in [1.82, 2.24) is 15.5 Å². The molecular formula is C10H11BrN4O2. The van der Waals surface area contributed by atoms with Gasteiger partial charge in [0.2, 0.25) is 5.91 Å². The number of nitrogens with one attached hydrogen (secondary N) is 2. The number of anilines is 1. The number of carbonyl (C=O) groups excluding carboxylic acids is 2. The molecule has 0 unspecified atom stereocenters. The number of hydrogen-bond donors (Lipinski definition) is 2. The minimum atomic E-state index is -0.329. The molecule has 0 aliphatic heterocycles. The van der Waals surface area contributed by atoms with Crippen molar-refractivity contribution in [2.75, 3.05) is 12.4 Å². The van der Waals surface area contributed by atoms with E-state index < -0.39 is 0 Å². The summed E-state index contributed by atoms with van der Waals surface area (Å²) < 4.78 is 0.498. The third kappa shape index (κ3) is 2.79. The second kappa shape index (κ2) is 4.79. The van der Waals surface area contributed by atoms with Crippen molar-refractivity contribution >= 4 is 33.6 Å². The molecule has 1 aromatic heterocycles. The highest BCUT2D eigenvalue weighted by Gasteiger charge is 2.30. The molecule has 6 nitrogen and oxygen atoms in total. The van der Waals surface area contributed by atoms with E-state index in [0.717, 1.165) is 12.8 Å². The number of halogens is 1. The largest absolute Gasteiger partial charge is 0.354 e. The van der Waals surface area contributed by atoms with Gasteiger partial charge in [0.25, 0.3) is 5.91 Å². The predicted molar refractivity (Wildman–Crippen MR) is 64.5 cm³/mol. The Hall–Kier alpha value is -1.50. The minimum absolute atomic E-state index is 0.0427. The van der Waals surface area contributed by atoms with Crippen LogP contribution in [0.15, 0.2) is 10.5 Å². The van der Waals surface area contributed by atoms with E-state index in [1.807, 2.05) is 0 Å². The Labute approximate surface area is 106 Å². The Balaban J connectivity index is 2.12. The van der Waals surface area contributed by atoms with Gasteiger partial charge in [-0.3, -0.25) is 9.59 Å². The molecule has 2 N–H and O–H groups in total. The first-order chi connectivity index (χ1) is 8.11. The van der Waals surface area contributed by atoms with E-state index in [1.54, 1.807) is 6.07 Å². The maximum Gasteiger partial charge on any atom is 0.272 e. The Bertz CT molecular complexity index is 473. The lowest BCUT2D eigenvalue weighted by Crippen LogP contribution is -2.21. The summed E-state index contributed by atoms with van der Waals surface area (Å²) in [4.78, 5) is 22.8. The van der Waals surface area contributed by atoms with E-state index in [9.17, 15) is 9.59 Å². The molecule has 0 bridgehead atoms. The quantitative estimate of drug-likeness (QED) is 0.870. The molecule has 2 rings (SSSR count). The van der Waals surface area contributed by atoms with E-state index in [1.165, 1.54) is 7.05 Å². The fourth-order valence-corrected chi connectivity index (χ4v) is 1.75. The molecule has 1 fully saturated rings. The summed E-state index contributed by atoms with van der Waals surface area (Å²) in [5.41, 5.74) is 0.192. The second-order valence-corrected chi connectivity index (χ2v) is 4.62. The molecule has 17 heavy (non-hydrogen) atoms. The average Bonchev–Trinajstić information content (AvgIpc) is 3.12. The van der Waals surface area contributed by atoms with Crippen LogP contribution in [0, 0.1) is 5.92 Å². The van der Waals surface area contributed by atoms with E-state index in [0.29, 0.717) is 10.3 Å². The Morgan fingerprint density at radius 2 is 2.12 bits per heavy atom. The first-order valence-corrected chi connectivity index (χ1v) is 5.97. The number of rotatable bonds is 3. The van der Waals surface area contributed by atoms with Crippen molar-refractivity contribution in [3.8, 4) is 0 Å². The average molecular weight is 299 g/mol. The van der Waals surface area contributed by atoms with E-state index in [-0.39, 0.29) is 23.4 Å². The van der Waals surface area contributed by atoms with Gasteiger partial charge in [-0.05, 0) is 34.8 Å². The number of carbonyl (C=O) groups is 2. The standard InChI is InChI=1S/C10H11BrN4O2/c1-12-10(17)8-6(11)4-7(14-15-8)13-9(16)5-2-3-5/h4-5H,2-3H2,1H3,(H,12,17)(H,13,14,16). The highest BCUT2D eigenvalue weighted by molar-refractivity contribution is 9.10. The molecule has 1 aliphatic carbocycles. The van der Waals surface area contributed by atoms with Crippen LogP contribution in [-0.4, -0.2) is 29.1 Å². The summed E-state index contributed by atoms with van der Waals surface area (Å²) in [6.45, 7) is 0. The molecule has 1 saturated carbocycles. The van der Waals surface area contributed by atoms with Gasteiger partial charge in [0.05, 0.1) is 4.47 Å². The van der Waals surface area contributed by atoms with Gasteiger partial charge in [-0.2, -0.15) is 0 Å². The molecule has 1 heterocycles. The molecule has 90 valence electrons. The van der Waals surface area contributed by atoms with E-state index in [4.69, 9.17) is 0 Å². The molecular weight excluding hydrogens is 288 g/mol. The van der Waals surface area contributed by atoms with Crippen molar-refractivity contribution in [3.05, 3.63) is 16.2 Å². The highest BCUT2D eigenvalue weighted by Crippen LogP contribution is 2.30. The zero-order chi connectivity index (χ0) is 12.4. The first-order valence-electron chi connectivity index (χ1n) is 5.18. The van der Waals surface area contributed by atoms with Crippen molar-refractivity contribution in [2.45, 2.75) is 12.8 Å². The van der Waals surface area contributed by atoms with Crippen LogP contribution < -0.4 is 10.6 Å². The van der Waals surface area contributed by atoms with Crippen LogP contribution in [0.2, 0.25) is 0 Å². The van der Waals surface area contributed by atoms with Gasteiger partial charge in [-0.1, -0.05) is 0 Å². The molecule has 0 radical (unpaired) electrons. The first kappa shape index (κ1) is 12.0. The second-order valence-electron chi connectivity index (χ2n) is 3.77. The van der Waals surface area contributed by atoms with E-state index in [2.05, 4.69) is 36.8 Å². The third-order valence-electron chi connectivity index (χ3n) is 2.39. The van der Waals surface area contributed by atoms with Crippen molar-refractivity contribution in [3.63, 3.8) is 0 Å². The molecule has 0 spiro atoms. The van der Waals surface area contributed by atoms with Gasteiger partial charge in [0, 0.05) is 13.0 Å². The fourth-order valence-electron chi connectivity index (χ4n) is 1.28. The predicted octanol–water partition coefficient (Wildman–Crippen LogP) is 0.947. The van der Waals surface area contributed by atoms with Crippen molar-refractivity contribution in [1.29, 1.82) is 0 Å². The summed E-state index contributed by atoms with van der Waals surface area (Å²) in [7, 11) is 1.51. The Morgan fingerprint density at radius 1 is 1.41 bits per heavy atom. The van der Waals surface area contributed by atoms with Crippen LogP contribution >= 0.6 is 15.9 Å². The zero-order valence-corrected chi connectivity index (χ0v) is 10.7. The lowest BCUT2D eigenvalue weighted by molar-refractivity contribution is -0.117. The summed E-state index contributed by atoms with van der Waals surface area (Å²) in [6, 6.07) is 1.57. The molecule has 0 saturated heterocycles. The molecule has 2 amide bonds. The summed E-state index contributed by atoms with van der Waals surface area (Å²) in [5, 5.41) is 12.7. The van der Waals surface area contributed by atoms with Crippen LogP contribution in [-0.2, 0) is 4.79 Å². The van der Waals surface area contributed by atoms with Crippen LogP contribution in [0.3, 0.4) is 0 Å². The van der Waals surface area contributed by atoms with Gasteiger partial charge in [0.15, 0.2) is 11.5 Å². The van der Waals surface area contributed by atoms with Crippen LogP contribution in [0.5, 0.6) is 0 Å². The van der Waals surface area contributed by atoms with Crippen LogP contribution in [0.25, 0.3) is 0 Å². The molecule has 7 heteroatoms. The number of amides is 2. The lowest BCUT2D eigenvalue weighted by Gasteiger charge is -2.05. The summed E-state index contributed by atoms with van der Waals surface area (Å²) in [6.07, 6.45) is 1.85. The topological polar surface area (TPSA) is 84.0 Å². The molecule has 0 atom stereocenters. The smallest absolute Gasteiger partial charge is 0.272 e. The Kier molecular flexibility index (Phi) is 3.37. The lowest BCUT2D eigenvalue weighted by atomic mass is 10.3. The number of aromatic nitrogens is 2. The van der Waals surface area contributed by atoms with Crippen molar-refractivity contribution < 1.29 is 9.59 Å². The van der Waals surface area contributed by atoms with Crippen molar-refractivity contribution in [2.24, 2.45) is 5.92 Å². The van der Waals surface area contributed by atoms with Gasteiger partial charge in [-0.15, -0.1) is 10.2 Å². The highest BCUT2D eigenvalue weighted by atomic mass is 79.9. The third-order valence-corrected chi connectivity index (χ3v) is 2.99. The molecule has 1 aromatic rings. The maximum absolute atomic E-state index is 11.5. The fraction of sp³-hybridized carbons (Fsp3) is 0.400. The Morgan fingerprint density at radius 3 is 2.65 bits per heavy atom. The summed E-state index contributed by atoms with van der Waals surface area (Å²) >= 11 is 3.22. The van der Waals surface area contributed by atoms with Gasteiger partial charge >= 0.3 is 0 Å². The normalized spacial score (nSPS) is 14.2. The monoisotopic (exact) mass is 298 g/mol. The van der Waals surface area contributed by atoms with Gasteiger partial charge in [-0.25, -0.2) is 0 Å². The zero-order valence-electron chi connectivity index (χ0n) is 9.16. The maximum atomic E-state index is 11.5. The number of hydrogen-bond acceptors (Lipinski definition) is 4. The number of nitrogens with zero attached hydrogens (tertiary/aromatic N) is 2. The minimum Gasteiger partial charge on any atom is -0.354 e. The molecule has 1 aliphatic rings.